The fraction of sp³-hybridized carbons (Fsp3) is 0.741. The number of hydrogen-bond acceptors (Lipinski definition) is 4. The molecule has 4 unspecified atom stereocenters. The molecular formula is C27H42N4O2. The minimum absolute atomic E-state index is 0.0107. The molecule has 2 saturated carbocycles. The van der Waals surface area contributed by atoms with Gasteiger partial charge in [-0.1, -0.05) is 45.8 Å². The summed E-state index contributed by atoms with van der Waals surface area (Å²) in [6.45, 7) is 14.0. The Morgan fingerprint density at radius 2 is 2.00 bits per heavy atom. The van der Waals surface area contributed by atoms with Gasteiger partial charge in [-0.3, -0.25) is 4.79 Å². The fourth-order valence-corrected chi connectivity index (χ4v) is 6.82. The lowest BCUT2D eigenvalue weighted by atomic mass is 9.45. The predicted molar refractivity (Wildman–Crippen MR) is 133 cm³/mol. The summed E-state index contributed by atoms with van der Waals surface area (Å²) in [7, 11) is 1.89. The Labute approximate surface area is 198 Å². The number of aryl methyl sites for hydroxylation is 2. The van der Waals surface area contributed by atoms with Gasteiger partial charge in [-0.2, -0.15) is 4.98 Å². The molecule has 182 valence electrons. The van der Waals surface area contributed by atoms with Gasteiger partial charge in [0.1, 0.15) is 5.82 Å². The molecule has 33 heavy (non-hydrogen) atoms. The van der Waals surface area contributed by atoms with Crippen molar-refractivity contribution in [2.75, 3.05) is 0 Å². The fourth-order valence-electron chi connectivity index (χ4n) is 6.82. The molecule has 1 N–H and O–H groups in total. The second-order valence-electron chi connectivity index (χ2n) is 11.8. The van der Waals surface area contributed by atoms with E-state index in [1.807, 2.05) is 23.1 Å². The molecule has 0 aromatic carbocycles. The highest BCUT2D eigenvalue weighted by atomic mass is 16.3. The Bertz CT molecular complexity index is 1130. The first-order chi connectivity index (χ1) is 15.4. The topological polar surface area (TPSA) is 72.9 Å². The van der Waals surface area contributed by atoms with Gasteiger partial charge in [0.25, 0.3) is 5.56 Å². The van der Waals surface area contributed by atoms with Crippen LogP contribution in [0, 0.1) is 29.6 Å². The lowest BCUT2D eigenvalue weighted by molar-refractivity contribution is -0.212. The number of aromatic nitrogens is 4. The third-order valence-electron chi connectivity index (χ3n) is 9.71. The Hall–Kier alpha value is -1.95. The summed E-state index contributed by atoms with van der Waals surface area (Å²) < 4.78 is 3.77. The van der Waals surface area contributed by atoms with E-state index in [-0.39, 0.29) is 16.4 Å². The van der Waals surface area contributed by atoms with Gasteiger partial charge >= 0.3 is 0 Å². The van der Waals surface area contributed by atoms with E-state index in [9.17, 15) is 9.90 Å². The van der Waals surface area contributed by atoms with Gasteiger partial charge in [-0.25, -0.2) is 4.98 Å². The van der Waals surface area contributed by atoms with Crippen LogP contribution in [0.4, 0.5) is 0 Å². The Morgan fingerprint density at radius 3 is 2.73 bits per heavy atom. The van der Waals surface area contributed by atoms with Gasteiger partial charge in [0.15, 0.2) is 11.2 Å². The molecule has 4 atom stereocenters. The standard InChI is InChI=1S/C27H42N4O2/c1-18(12-16-31-17-28-23-22(31)24(32)29-20(3)30(23)7)10-14-26(6)19(2)11-15-27(33)21(26)9-8-13-25(27,4)5/h12,17,19,21,33H,8-11,13-16H2,1-7H3. The average molecular weight is 455 g/mol. The molecule has 2 aromatic rings. The van der Waals surface area contributed by atoms with E-state index >= 15 is 0 Å². The van der Waals surface area contributed by atoms with E-state index in [0.717, 1.165) is 38.5 Å². The number of aliphatic hydroxyl groups is 1. The van der Waals surface area contributed by atoms with E-state index in [1.165, 1.54) is 12.0 Å². The minimum atomic E-state index is -0.551. The van der Waals surface area contributed by atoms with Crippen molar-refractivity contribution in [3.8, 4) is 0 Å². The molecule has 2 aliphatic rings. The maximum absolute atomic E-state index is 12.5. The predicted octanol–water partition coefficient (Wildman–Crippen LogP) is 5.16. The van der Waals surface area contributed by atoms with E-state index in [2.05, 4.69) is 50.7 Å². The molecule has 0 saturated heterocycles. The molecule has 6 nitrogen and oxygen atoms in total. The second-order valence-corrected chi connectivity index (χ2v) is 11.8. The van der Waals surface area contributed by atoms with E-state index in [0.29, 0.717) is 35.4 Å². The van der Waals surface area contributed by atoms with Crippen LogP contribution in [0.1, 0.15) is 85.4 Å². The van der Waals surface area contributed by atoms with Crippen LogP contribution in [0.5, 0.6) is 0 Å². The summed E-state index contributed by atoms with van der Waals surface area (Å²) in [4.78, 5) is 21.1. The molecule has 2 fully saturated rings. The van der Waals surface area contributed by atoms with Crippen LogP contribution in [0.2, 0.25) is 0 Å². The quantitative estimate of drug-likeness (QED) is 0.634. The van der Waals surface area contributed by atoms with Crippen LogP contribution in [-0.2, 0) is 13.6 Å². The highest BCUT2D eigenvalue weighted by Gasteiger charge is 2.60. The van der Waals surface area contributed by atoms with Gasteiger partial charge < -0.3 is 14.2 Å². The maximum atomic E-state index is 12.5. The molecular weight excluding hydrogens is 412 g/mol. The molecule has 6 heteroatoms. The second kappa shape index (κ2) is 8.37. The van der Waals surface area contributed by atoms with Crippen LogP contribution in [0.15, 0.2) is 22.8 Å². The zero-order chi connectivity index (χ0) is 24.2. The first-order valence-corrected chi connectivity index (χ1v) is 12.7. The number of fused-ring (bicyclic) bond motifs is 2. The van der Waals surface area contributed by atoms with Crippen molar-refractivity contribution >= 4 is 11.2 Å². The summed E-state index contributed by atoms with van der Waals surface area (Å²) in [6, 6.07) is 0. The summed E-state index contributed by atoms with van der Waals surface area (Å²) in [5.74, 6) is 1.64. The van der Waals surface area contributed by atoms with E-state index < -0.39 is 5.60 Å². The van der Waals surface area contributed by atoms with Crippen LogP contribution >= 0.6 is 0 Å². The SMILES string of the molecule is CC(=CCn1cnc2c1c(=O)nc(C)n2C)CCC1(C)C(C)CCC2(O)C1CCCC2(C)C. The van der Waals surface area contributed by atoms with Gasteiger partial charge in [0, 0.05) is 13.6 Å². The molecule has 0 amide bonds. The Kier molecular flexibility index (Phi) is 6.13. The number of hydrogen-bond donors (Lipinski definition) is 1. The summed E-state index contributed by atoms with van der Waals surface area (Å²) >= 11 is 0. The molecule has 2 aliphatic carbocycles. The van der Waals surface area contributed by atoms with Crippen LogP contribution in [0.25, 0.3) is 11.2 Å². The smallest absolute Gasteiger partial charge is 0.299 e. The van der Waals surface area contributed by atoms with Gasteiger partial charge in [-0.05, 0) is 75.0 Å². The summed E-state index contributed by atoms with van der Waals surface area (Å²) in [5, 5.41) is 11.9. The van der Waals surface area contributed by atoms with Crippen LogP contribution in [0.3, 0.4) is 0 Å². The van der Waals surface area contributed by atoms with E-state index in [1.54, 1.807) is 6.33 Å². The molecule has 2 heterocycles. The maximum Gasteiger partial charge on any atom is 0.299 e. The number of imidazole rings is 1. The highest BCUT2D eigenvalue weighted by molar-refractivity contribution is 5.70. The van der Waals surface area contributed by atoms with Crippen molar-refractivity contribution in [3.63, 3.8) is 0 Å². The van der Waals surface area contributed by atoms with Crippen molar-refractivity contribution in [2.45, 2.75) is 98.6 Å². The van der Waals surface area contributed by atoms with Gasteiger partial charge in [0.2, 0.25) is 0 Å². The van der Waals surface area contributed by atoms with Crippen molar-refractivity contribution in [1.82, 2.24) is 19.1 Å². The lowest BCUT2D eigenvalue weighted by Gasteiger charge is -2.62. The third-order valence-corrected chi connectivity index (χ3v) is 9.71. The van der Waals surface area contributed by atoms with Gasteiger partial charge in [0.05, 0.1) is 11.9 Å². The molecule has 2 aromatic heterocycles. The summed E-state index contributed by atoms with van der Waals surface area (Å²) in [5.41, 5.74) is 1.93. The summed E-state index contributed by atoms with van der Waals surface area (Å²) in [6.07, 6.45) is 11.6. The first-order valence-electron chi connectivity index (χ1n) is 12.7. The van der Waals surface area contributed by atoms with E-state index in [4.69, 9.17) is 0 Å². The molecule has 4 rings (SSSR count). The van der Waals surface area contributed by atoms with Crippen molar-refractivity contribution in [3.05, 3.63) is 34.2 Å². The van der Waals surface area contributed by atoms with Crippen LogP contribution < -0.4 is 5.56 Å². The molecule has 0 bridgehead atoms. The van der Waals surface area contributed by atoms with Crippen molar-refractivity contribution < 1.29 is 5.11 Å². The molecule has 0 radical (unpaired) electrons. The van der Waals surface area contributed by atoms with Crippen molar-refractivity contribution in [1.29, 1.82) is 0 Å². The number of nitrogens with zero attached hydrogens (tertiary/aromatic N) is 4. The van der Waals surface area contributed by atoms with Gasteiger partial charge in [-0.15, -0.1) is 0 Å². The largest absolute Gasteiger partial charge is 0.389 e. The zero-order valence-corrected chi connectivity index (χ0v) is 21.6. The lowest BCUT2D eigenvalue weighted by Crippen LogP contribution is -2.62. The highest BCUT2D eigenvalue weighted by Crippen LogP contribution is 2.62. The van der Waals surface area contributed by atoms with Crippen molar-refractivity contribution in [2.24, 2.45) is 29.7 Å². The Morgan fingerprint density at radius 1 is 1.27 bits per heavy atom. The Balaban J connectivity index is 1.51. The number of allylic oxidation sites excluding steroid dienone is 2. The third kappa shape index (κ3) is 3.88. The molecule has 0 aliphatic heterocycles. The normalized spacial score (nSPS) is 32.2. The minimum Gasteiger partial charge on any atom is -0.389 e. The average Bonchev–Trinajstić information content (AvgIpc) is 3.18. The monoisotopic (exact) mass is 454 g/mol. The first kappa shape index (κ1) is 24.2. The van der Waals surface area contributed by atoms with Crippen LogP contribution in [-0.4, -0.2) is 29.8 Å². The zero-order valence-electron chi connectivity index (χ0n) is 21.6. The molecule has 0 spiro atoms. The number of rotatable bonds is 5.